The molecular formula is C22H46O. The van der Waals surface area contributed by atoms with Crippen molar-refractivity contribution in [3.05, 3.63) is 0 Å². The van der Waals surface area contributed by atoms with Gasteiger partial charge in [0.05, 0.1) is 6.10 Å². The van der Waals surface area contributed by atoms with Crippen molar-refractivity contribution in [2.24, 2.45) is 16.7 Å². The van der Waals surface area contributed by atoms with E-state index in [1.165, 1.54) is 70.6 Å². The molecule has 0 aliphatic heterocycles. The second-order valence-electron chi connectivity index (χ2n) is 8.88. The summed E-state index contributed by atoms with van der Waals surface area (Å²) < 4.78 is 0. The SMILES string of the molecule is CCCCCCC(CCC)(CCC)C(CCC)C(O)C(C)(C)C. The van der Waals surface area contributed by atoms with Crippen LogP contribution in [0.2, 0.25) is 0 Å². The molecule has 0 rings (SSSR count). The van der Waals surface area contributed by atoms with Gasteiger partial charge in [-0.15, -0.1) is 0 Å². The molecule has 0 amide bonds. The van der Waals surface area contributed by atoms with Crippen molar-refractivity contribution in [3.8, 4) is 0 Å². The van der Waals surface area contributed by atoms with Gasteiger partial charge in [-0.05, 0) is 42.4 Å². The summed E-state index contributed by atoms with van der Waals surface area (Å²) in [6, 6.07) is 0. The molecule has 0 aromatic rings. The molecule has 0 aromatic heterocycles. The Bertz CT molecular complexity index is 270. The lowest BCUT2D eigenvalue weighted by Gasteiger charge is -2.47. The van der Waals surface area contributed by atoms with Crippen LogP contribution in [-0.2, 0) is 0 Å². The fourth-order valence-electron chi connectivity index (χ4n) is 4.54. The maximum atomic E-state index is 11.2. The Morgan fingerprint density at radius 1 is 0.696 bits per heavy atom. The lowest BCUT2D eigenvalue weighted by atomic mass is 9.60. The summed E-state index contributed by atoms with van der Waals surface area (Å²) in [7, 11) is 0. The van der Waals surface area contributed by atoms with Gasteiger partial charge in [-0.1, -0.05) is 93.4 Å². The topological polar surface area (TPSA) is 20.2 Å². The van der Waals surface area contributed by atoms with Gasteiger partial charge >= 0.3 is 0 Å². The second-order valence-corrected chi connectivity index (χ2v) is 8.88. The highest BCUT2D eigenvalue weighted by molar-refractivity contribution is 4.93. The van der Waals surface area contributed by atoms with Gasteiger partial charge in [0.1, 0.15) is 0 Å². The molecule has 0 heterocycles. The van der Waals surface area contributed by atoms with Crippen molar-refractivity contribution < 1.29 is 5.11 Å². The zero-order chi connectivity index (χ0) is 17.9. The van der Waals surface area contributed by atoms with Crippen molar-refractivity contribution in [2.75, 3.05) is 0 Å². The number of hydrogen-bond acceptors (Lipinski definition) is 1. The molecule has 2 unspecified atom stereocenters. The van der Waals surface area contributed by atoms with E-state index in [9.17, 15) is 5.11 Å². The van der Waals surface area contributed by atoms with E-state index in [0.717, 1.165) is 0 Å². The van der Waals surface area contributed by atoms with Gasteiger partial charge in [-0.3, -0.25) is 0 Å². The van der Waals surface area contributed by atoms with E-state index < -0.39 is 0 Å². The van der Waals surface area contributed by atoms with Crippen LogP contribution in [-0.4, -0.2) is 11.2 Å². The van der Waals surface area contributed by atoms with E-state index in [1.54, 1.807) is 0 Å². The summed E-state index contributed by atoms with van der Waals surface area (Å²) in [6.45, 7) is 15.8. The summed E-state index contributed by atoms with van der Waals surface area (Å²) in [5.41, 5.74) is 0.329. The van der Waals surface area contributed by atoms with E-state index in [4.69, 9.17) is 0 Å². The minimum atomic E-state index is -0.188. The van der Waals surface area contributed by atoms with Crippen LogP contribution in [0.4, 0.5) is 0 Å². The molecule has 2 atom stereocenters. The Morgan fingerprint density at radius 3 is 1.65 bits per heavy atom. The first-order chi connectivity index (χ1) is 10.8. The number of hydrogen-bond donors (Lipinski definition) is 1. The third kappa shape index (κ3) is 7.59. The number of aliphatic hydroxyl groups excluding tert-OH is 1. The summed E-state index contributed by atoms with van der Waals surface area (Å²) >= 11 is 0. The maximum Gasteiger partial charge on any atom is 0.0621 e. The van der Waals surface area contributed by atoms with E-state index in [2.05, 4.69) is 48.5 Å². The molecule has 1 heteroatoms. The average molecular weight is 327 g/mol. The quantitative estimate of drug-likeness (QED) is 0.350. The number of rotatable bonds is 13. The molecular weight excluding hydrogens is 280 g/mol. The molecule has 0 spiro atoms. The first-order valence-corrected chi connectivity index (χ1v) is 10.5. The zero-order valence-electron chi connectivity index (χ0n) is 17.4. The van der Waals surface area contributed by atoms with Crippen LogP contribution in [0.1, 0.15) is 119 Å². The second kappa shape index (κ2) is 11.5. The molecule has 0 radical (unpaired) electrons. The normalized spacial score (nSPS) is 15.7. The van der Waals surface area contributed by atoms with Crippen LogP contribution in [0, 0.1) is 16.7 Å². The van der Waals surface area contributed by atoms with Crippen molar-refractivity contribution in [1.82, 2.24) is 0 Å². The van der Waals surface area contributed by atoms with Crippen LogP contribution < -0.4 is 0 Å². The maximum absolute atomic E-state index is 11.2. The Hall–Kier alpha value is -0.0400. The smallest absolute Gasteiger partial charge is 0.0621 e. The molecule has 1 N–H and O–H groups in total. The fourth-order valence-corrected chi connectivity index (χ4v) is 4.54. The third-order valence-electron chi connectivity index (χ3n) is 5.68. The van der Waals surface area contributed by atoms with Crippen molar-refractivity contribution in [1.29, 1.82) is 0 Å². The van der Waals surface area contributed by atoms with E-state index in [-0.39, 0.29) is 11.5 Å². The molecule has 0 aliphatic rings. The fraction of sp³-hybridized carbons (Fsp3) is 1.00. The molecule has 140 valence electrons. The molecule has 1 nitrogen and oxygen atoms in total. The van der Waals surface area contributed by atoms with Crippen LogP contribution in [0.15, 0.2) is 0 Å². The predicted octanol–water partition coefficient (Wildman–Crippen LogP) is 7.37. The highest BCUT2D eigenvalue weighted by Crippen LogP contribution is 2.49. The predicted molar refractivity (Wildman–Crippen MR) is 105 cm³/mol. The molecule has 23 heavy (non-hydrogen) atoms. The van der Waals surface area contributed by atoms with Gasteiger partial charge in [-0.2, -0.15) is 0 Å². The first kappa shape index (κ1) is 23.0. The summed E-state index contributed by atoms with van der Waals surface area (Å²) in [5.74, 6) is 0.453. The highest BCUT2D eigenvalue weighted by Gasteiger charge is 2.43. The van der Waals surface area contributed by atoms with Gasteiger partial charge in [0.2, 0.25) is 0 Å². The molecule has 0 bridgehead atoms. The third-order valence-corrected chi connectivity index (χ3v) is 5.68. The molecule has 0 saturated carbocycles. The minimum absolute atomic E-state index is 0.0179. The van der Waals surface area contributed by atoms with Crippen molar-refractivity contribution in [3.63, 3.8) is 0 Å². The lowest BCUT2D eigenvalue weighted by Crippen LogP contribution is -2.44. The molecule has 0 aromatic carbocycles. The average Bonchev–Trinajstić information content (AvgIpc) is 2.48. The summed E-state index contributed by atoms with van der Waals surface area (Å²) in [5, 5.41) is 11.2. The van der Waals surface area contributed by atoms with Crippen LogP contribution >= 0.6 is 0 Å². The molecule has 0 fully saturated rings. The highest BCUT2D eigenvalue weighted by atomic mass is 16.3. The lowest BCUT2D eigenvalue weighted by molar-refractivity contribution is -0.0634. The standard InChI is InChI=1S/C22H46O/c1-8-12-13-14-18-22(16-10-3,17-11-4)19(15-9-2)20(23)21(5,6)7/h19-20,23H,8-18H2,1-7H3. The Labute approximate surface area is 147 Å². The van der Waals surface area contributed by atoms with E-state index in [1.807, 2.05) is 0 Å². The van der Waals surface area contributed by atoms with Crippen LogP contribution in [0.25, 0.3) is 0 Å². The molecule has 0 saturated heterocycles. The van der Waals surface area contributed by atoms with Gasteiger partial charge < -0.3 is 5.11 Å². The summed E-state index contributed by atoms with van der Waals surface area (Å²) in [4.78, 5) is 0. The number of aliphatic hydroxyl groups is 1. The molecule has 0 aliphatic carbocycles. The van der Waals surface area contributed by atoms with Crippen molar-refractivity contribution >= 4 is 0 Å². The Kier molecular flexibility index (Phi) is 11.5. The van der Waals surface area contributed by atoms with Gasteiger partial charge in [0.25, 0.3) is 0 Å². The van der Waals surface area contributed by atoms with E-state index >= 15 is 0 Å². The monoisotopic (exact) mass is 326 g/mol. The zero-order valence-corrected chi connectivity index (χ0v) is 17.4. The van der Waals surface area contributed by atoms with E-state index in [0.29, 0.717) is 11.3 Å². The summed E-state index contributed by atoms with van der Waals surface area (Å²) in [6.07, 6.45) is 13.9. The van der Waals surface area contributed by atoms with Gasteiger partial charge in [0.15, 0.2) is 0 Å². The Balaban J connectivity index is 5.41. The van der Waals surface area contributed by atoms with Gasteiger partial charge in [-0.25, -0.2) is 0 Å². The minimum Gasteiger partial charge on any atom is -0.392 e. The van der Waals surface area contributed by atoms with Crippen LogP contribution in [0.3, 0.4) is 0 Å². The first-order valence-electron chi connectivity index (χ1n) is 10.5. The van der Waals surface area contributed by atoms with Crippen molar-refractivity contribution in [2.45, 2.75) is 125 Å². The van der Waals surface area contributed by atoms with Gasteiger partial charge in [0, 0.05) is 0 Å². The number of unbranched alkanes of at least 4 members (excludes halogenated alkanes) is 3. The van der Waals surface area contributed by atoms with Crippen LogP contribution in [0.5, 0.6) is 0 Å². The largest absolute Gasteiger partial charge is 0.392 e. The Morgan fingerprint density at radius 2 is 1.26 bits per heavy atom.